The fraction of sp³-hybridized carbons (Fsp3) is 0.222. The molecule has 0 aliphatic heterocycles. The Morgan fingerprint density at radius 3 is 2.68 bits per heavy atom. The Bertz CT molecular complexity index is 736. The molecule has 0 aliphatic rings. The fourth-order valence-electron chi connectivity index (χ4n) is 2.00. The van der Waals surface area contributed by atoms with Crippen molar-refractivity contribution in [2.75, 3.05) is 19.4 Å². The van der Waals surface area contributed by atoms with Crippen LogP contribution in [0.5, 0.6) is 0 Å². The number of thioether (sulfide) groups is 1. The van der Waals surface area contributed by atoms with Gasteiger partial charge in [0.1, 0.15) is 0 Å². The third-order valence-electron chi connectivity index (χ3n) is 3.32. The van der Waals surface area contributed by atoms with Crippen molar-refractivity contribution >= 4 is 47.1 Å². The zero-order valence-corrected chi connectivity index (χ0v) is 16.0. The number of hydrogen-bond donors (Lipinski definition) is 1. The molecule has 0 aliphatic carbocycles. The number of halogens is 2. The molecule has 0 saturated carbocycles. The van der Waals surface area contributed by atoms with Crippen molar-refractivity contribution in [2.24, 2.45) is 5.16 Å². The van der Waals surface area contributed by atoms with Gasteiger partial charge in [-0.25, -0.2) is 0 Å². The summed E-state index contributed by atoms with van der Waals surface area (Å²) < 4.78 is 0. The van der Waals surface area contributed by atoms with E-state index in [-0.39, 0.29) is 12.5 Å². The zero-order chi connectivity index (χ0) is 18.1. The minimum Gasteiger partial charge on any atom is -0.386 e. The molecule has 0 aromatic heterocycles. The maximum Gasteiger partial charge on any atom is 0.260 e. The highest BCUT2D eigenvalue weighted by Crippen LogP contribution is 2.21. The van der Waals surface area contributed by atoms with Crippen molar-refractivity contribution in [1.82, 2.24) is 5.32 Å². The minimum atomic E-state index is -0.236. The van der Waals surface area contributed by atoms with Crippen molar-refractivity contribution in [3.05, 3.63) is 63.6 Å². The second-order valence-corrected chi connectivity index (χ2v) is 6.84. The van der Waals surface area contributed by atoms with Crippen LogP contribution in [0, 0.1) is 0 Å². The van der Waals surface area contributed by atoms with Crippen molar-refractivity contribution < 1.29 is 9.63 Å². The average molecular weight is 397 g/mol. The number of rotatable bonds is 8. The van der Waals surface area contributed by atoms with Crippen LogP contribution in [0.15, 0.2) is 52.5 Å². The van der Waals surface area contributed by atoms with Crippen LogP contribution in [0.2, 0.25) is 10.0 Å². The number of benzene rings is 2. The van der Waals surface area contributed by atoms with E-state index in [1.165, 1.54) is 4.90 Å². The first kappa shape index (κ1) is 19.6. The average Bonchev–Trinajstić information content (AvgIpc) is 2.61. The van der Waals surface area contributed by atoms with Crippen molar-refractivity contribution in [2.45, 2.75) is 11.3 Å². The van der Waals surface area contributed by atoms with Gasteiger partial charge in [-0.2, -0.15) is 0 Å². The lowest BCUT2D eigenvalue weighted by Crippen LogP contribution is -2.28. The lowest BCUT2D eigenvalue weighted by atomic mass is 10.1. The van der Waals surface area contributed by atoms with Crippen LogP contribution in [-0.2, 0) is 16.1 Å². The summed E-state index contributed by atoms with van der Waals surface area (Å²) in [6.07, 6.45) is 4.21. The summed E-state index contributed by atoms with van der Waals surface area (Å²) in [5.74, 6) is -0.236. The van der Waals surface area contributed by atoms with Gasteiger partial charge >= 0.3 is 0 Å². The molecule has 0 fully saturated rings. The lowest BCUT2D eigenvalue weighted by Gasteiger charge is -2.06. The summed E-state index contributed by atoms with van der Waals surface area (Å²) in [6, 6.07) is 13.2. The maximum atomic E-state index is 11.7. The summed E-state index contributed by atoms with van der Waals surface area (Å²) in [6.45, 7) is 0.331. The number of carbonyl (C=O) groups excluding carboxylic acids is 1. The molecular formula is C18H18Cl2N2O2S. The van der Waals surface area contributed by atoms with E-state index in [0.29, 0.717) is 23.0 Å². The Labute approximate surface area is 161 Å². The Hall–Kier alpha value is -1.69. The van der Waals surface area contributed by atoms with Gasteiger partial charge in [-0.1, -0.05) is 46.6 Å². The Kier molecular flexibility index (Phi) is 8.12. The molecule has 1 amide bonds. The lowest BCUT2D eigenvalue weighted by molar-refractivity contribution is -0.125. The third-order valence-corrected chi connectivity index (χ3v) is 4.65. The van der Waals surface area contributed by atoms with Crippen LogP contribution in [0.4, 0.5) is 0 Å². The van der Waals surface area contributed by atoms with Crippen molar-refractivity contribution in [3.63, 3.8) is 0 Å². The predicted molar refractivity (Wildman–Crippen MR) is 105 cm³/mol. The Morgan fingerprint density at radius 2 is 2.00 bits per heavy atom. The van der Waals surface area contributed by atoms with Gasteiger partial charge in [0, 0.05) is 21.5 Å². The molecule has 0 unspecified atom stereocenters. The predicted octanol–water partition coefficient (Wildman–Crippen LogP) is 4.42. The van der Waals surface area contributed by atoms with Crippen molar-refractivity contribution in [3.8, 4) is 0 Å². The van der Waals surface area contributed by atoms with E-state index in [9.17, 15) is 4.79 Å². The van der Waals surface area contributed by atoms with Crippen LogP contribution >= 0.6 is 35.0 Å². The van der Waals surface area contributed by atoms with Gasteiger partial charge in [-0.05, 0) is 48.1 Å². The Morgan fingerprint density at radius 1 is 1.24 bits per heavy atom. The maximum absolute atomic E-state index is 11.7. The molecule has 132 valence electrons. The smallest absolute Gasteiger partial charge is 0.260 e. The van der Waals surface area contributed by atoms with Crippen LogP contribution in [0.1, 0.15) is 11.1 Å². The van der Waals surface area contributed by atoms with Gasteiger partial charge in [0.25, 0.3) is 5.91 Å². The summed E-state index contributed by atoms with van der Waals surface area (Å²) in [4.78, 5) is 17.9. The summed E-state index contributed by atoms with van der Waals surface area (Å²) in [5.41, 5.74) is 1.84. The van der Waals surface area contributed by atoms with Crippen LogP contribution in [0.25, 0.3) is 0 Å². The molecule has 0 bridgehead atoms. The first-order chi connectivity index (χ1) is 12.1. The summed E-state index contributed by atoms with van der Waals surface area (Å²) >= 11 is 13.6. The number of nitrogens with zero attached hydrogens (tertiary/aromatic N) is 1. The highest BCUT2D eigenvalue weighted by molar-refractivity contribution is 7.98. The zero-order valence-electron chi connectivity index (χ0n) is 13.7. The van der Waals surface area contributed by atoms with E-state index in [2.05, 4.69) is 10.5 Å². The SMILES string of the molecule is CSc1ccc(C=NOCC(=O)NCCc2ccc(Cl)cc2Cl)cc1. The van der Waals surface area contributed by atoms with Crippen LogP contribution < -0.4 is 5.32 Å². The van der Waals surface area contributed by atoms with E-state index < -0.39 is 0 Å². The first-order valence-corrected chi connectivity index (χ1v) is 9.56. The fourth-order valence-corrected chi connectivity index (χ4v) is 2.91. The topological polar surface area (TPSA) is 50.7 Å². The molecule has 1 N–H and O–H groups in total. The number of nitrogens with one attached hydrogen (secondary N) is 1. The van der Waals surface area contributed by atoms with E-state index >= 15 is 0 Å². The van der Waals surface area contributed by atoms with Crippen LogP contribution in [-0.4, -0.2) is 31.5 Å². The summed E-state index contributed by atoms with van der Waals surface area (Å²) in [5, 5.41) is 7.74. The van der Waals surface area contributed by atoms with Gasteiger partial charge in [0.2, 0.25) is 0 Å². The second-order valence-electron chi connectivity index (χ2n) is 5.12. The van der Waals surface area contributed by atoms with Gasteiger partial charge in [0.05, 0.1) is 6.21 Å². The van der Waals surface area contributed by atoms with E-state index in [4.69, 9.17) is 28.0 Å². The molecule has 7 heteroatoms. The van der Waals surface area contributed by atoms with E-state index in [1.54, 1.807) is 30.1 Å². The number of amides is 1. The summed E-state index contributed by atoms with van der Waals surface area (Å²) in [7, 11) is 0. The van der Waals surface area contributed by atoms with Gasteiger partial charge in [-0.3, -0.25) is 4.79 Å². The number of oxime groups is 1. The van der Waals surface area contributed by atoms with Gasteiger partial charge in [0.15, 0.2) is 6.61 Å². The molecule has 4 nitrogen and oxygen atoms in total. The molecule has 0 atom stereocenters. The van der Waals surface area contributed by atoms with Crippen LogP contribution in [0.3, 0.4) is 0 Å². The highest BCUT2D eigenvalue weighted by Gasteiger charge is 2.04. The van der Waals surface area contributed by atoms with Gasteiger partial charge < -0.3 is 10.2 Å². The van der Waals surface area contributed by atoms with Crippen molar-refractivity contribution in [1.29, 1.82) is 0 Å². The number of hydrogen-bond acceptors (Lipinski definition) is 4. The number of carbonyl (C=O) groups is 1. The molecule has 0 heterocycles. The molecule has 25 heavy (non-hydrogen) atoms. The largest absolute Gasteiger partial charge is 0.386 e. The normalized spacial score (nSPS) is 10.8. The molecule has 2 aromatic rings. The Balaban J connectivity index is 1.67. The second kappa shape index (κ2) is 10.3. The van der Waals surface area contributed by atoms with Gasteiger partial charge in [-0.15, -0.1) is 11.8 Å². The van der Waals surface area contributed by atoms with E-state index in [1.807, 2.05) is 36.6 Å². The van der Waals surface area contributed by atoms with E-state index in [0.717, 1.165) is 11.1 Å². The molecule has 2 rings (SSSR count). The molecule has 0 saturated heterocycles. The molecular weight excluding hydrogens is 379 g/mol. The quantitative estimate of drug-likeness (QED) is 0.408. The third kappa shape index (κ3) is 6.98. The molecule has 0 radical (unpaired) electrons. The molecule has 2 aromatic carbocycles. The molecule has 0 spiro atoms. The first-order valence-electron chi connectivity index (χ1n) is 7.58. The highest BCUT2D eigenvalue weighted by atomic mass is 35.5. The minimum absolute atomic E-state index is 0.131. The monoisotopic (exact) mass is 396 g/mol. The standard InChI is InChI=1S/C18H18Cl2N2O2S/c1-25-16-6-2-13(3-7-16)11-22-24-12-18(23)21-9-8-14-4-5-15(19)10-17(14)20/h2-7,10-11H,8-9,12H2,1H3,(H,21,23).